The molecule has 19 heavy (non-hydrogen) atoms. The average Bonchev–Trinajstić information content (AvgIpc) is 2.46. The van der Waals surface area contributed by atoms with E-state index in [1.54, 1.807) is 6.20 Å². The molecule has 1 unspecified atom stereocenters. The highest BCUT2D eigenvalue weighted by atomic mass is 19.1. The fourth-order valence-electron chi connectivity index (χ4n) is 2.04. The monoisotopic (exact) mass is 260 g/mol. The second-order valence-corrected chi connectivity index (χ2v) is 4.32. The molecule has 98 valence electrons. The van der Waals surface area contributed by atoms with E-state index >= 15 is 0 Å². The van der Waals surface area contributed by atoms with Gasteiger partial charge in [-0.1, -0.05) is 6.07 Å². The number of fused-ring (bicyclic) bond motifs is 1. The molecular weight excluding hydrogens is 247 g/mol. The summed E-state index contributed by atoms with van der Waals surface area (Å²) in [6, 6.07) is 6.43. The van der Waals surface area contributed by atoms with Crippen molar-refractivity contribution in [2.45, 2.75) is 6.04 Å². The first-order valence-electron chi connectivity index (χ1n) is 5.99. The summed E-state index contributed by atoms with van der Waals surface area (Å²) in [5, 5.41) is 0. The number of nitrogens with zero attached hydrogens (tertiary/aromatic N) is 1. The van der Waals surface area contributed by atoms with Crippen molar-refractivity contribution in [2.75, 3.05) is 13.2 Å². The molecule has 1 aromatic carbocycles. The molecule has 1 aromatic heterocycles. The van der Waals surface area contributed by atoms with E-state index in [-0.39, 0.29) is 0 Å². The van der Waals surface area contributed by atoms with Crippen LogP contribution in [0.25, 0.3) is 0 Å². The van der Waals surface area contributed by atoms with Gasteiger partial charge in [0.1, 0.15) is 19.0 Å². The molecule has 2 N–H and O–H groups in total. The summed E-state index contributed by atoms with van der Waals surface area (Å²) in [5.41, 5.74) is 7.57. The Bertz CT molecular complexity index is 604. The minimum atomic E-state index is -0.445. The number of ether oxygens (including phenoxy) is 2. The molecule has 2 heterocycles. The Balaban J connectivity index is 1.93. The predicted octanol–water partition coefficient (Wildman–Crippen LogP) is 2.04. The van der Waals surface area contributed by atoms with Gasteiger partial charge >= 0.3 is 0 Å². The van der Waals surface area contributed by atoms with Crippen LogP contribution in [-0.2, 0) is 0 Å². The van der Waals surface area contributed by atoms with Gasteiger partial charge < -0.3 is 15.2 Å². The van der Waals surface area contributed by atoms with Crippen molar-refractivity contribution in [1.82, 2.24) is 4.98 Å². The molecule has 0 fully saturated rings. The highest BCUT2D eigenvalue weighted by Crippen LogP contribution is 2.33. The van der Waals surface area contributed by atoms with Crippen molar-refractivity contribution in [2.24, 2.45) is 5.73 Å². The lowest BCUT2D eigenvalue weighted by Gasteiger charge is -2.20. The van der Waals surface area contributed by atoms with E-state index in [1.807, 2.05) is 18.2 Å². The van der Waals surface area contributed by atoms with Crippen molar-refractivity contribution in [1.29, 1.82) is 0 Å². The molecule has 0 aliphatic carbocycles. The zero-order valence-electron chi connectivity index (χ0n) is 10.2. The average molecular weight is 260 g/mol. The smallest absolute Gasteiger partial charge is 0.161 e. The van der Waals surface area contributed by atoms with E-state index in [4.69, 9.17) is 15.2 Å². The Kier molecular flexibility index (Phi) is 3.05. The quantitative estimate of drug-likeness (QED) is 0.897. The van der Waals surface area contributed by atoms with Crippen molar-refractivity contribution >= 4 is 0 Å². The standard InChI is InChI=1S/C14H13FN2O2/c15-11-5-10(7-17-8-11)14(16)9-1-2-12-13(6-9)19-4-3-18-12/h1-2,5-8,14H,3-4,16H2. The molecule has 0 saturated heterocycles. The van der Waals surface area contributed by atoms with Crippen LogP contribution in [0, 0.1) is 5.82 Å². The zero-order valence-corrected chi connectivity index (χ0v) is 10.2. The Morgan fingerprint density at radius 2 is 1.84 bits per heavy atom. The molecule has 0 saturated carbocycles. The summed E-state index contributed by atoms with van der Waals surface area (Å²) < 4.78 is 24.1. The lowest BCUT2D eigenvalue weighted by atomic mass is 10.0. The fraction of sp³-hybridized carbons (Fsp3) is 0.214. The van der Waals surface area contributed by atoms with Crippen LogP contribution in [0.5, 0.6) is 11.5 Å². The minimum absolute atomic E-state index is 0.398. The van der Waals surface area contributed by atoms with Crippen molar-refractivity contribution in [3.8, 4) is 11.5 Å². The van der Waals surface area contributed by atoms with Gasteiger partial charge in [0.25, 0.3) is 0 Å². The number of nitrogens with two attached hydrogens (primary N) is 1. The third kappa shape index (κ3) is 2.37. The first-order chi connectivity index (χ1) is 9.24. The van der Waals surface area contributed by atoms with Crippen molar-refractivity contribution in [3.63, 3.8) is 0 Å². The number of aromatic nitrogens is 1. The molecule has 2 aromatic rings. The van der Waals surface area contributed by atoms with E-state index < -0.39 is 11.9 Å². The maximum atomic E-state index is 13.2. The number of rotatable bonds is 2. The molecule has 0 spiro atoms. The van der Waals surface area contributed by atoms with Crippen LogP contribution in [-0.4, -0.2) is 18.2 Å². The second kappa shape index (κ2) is 4.85. The van der Waals surface area contributed by atoms with Crippen LogP contribution < -0.4 is 15.2 Å². The Morgan fingerprint density at radius 1 is 1.05 bits per heavy atom. The van der Waals surface area contributed by atoms with E-state index in [1.165, 1.54) is 6.07 Å². The second-order valence-electron chi connectivity index (χ2n) is 4.32. The third-order valence-electron chi connectivity index (χ3n) is 3.01. The van der Waals surface area contributed by atoms with Crippen LogP contribution in [0.2, 0.25) is 0 Å². The topological polar surface area (TPSA) is 57.4 Å². The summed E-state index contributed by atoms with van der Waals surface area (Å²) in [6.07, 6.45) is 2.71. The summed E-state index contributed by atoms with van der Waals surface area (Å²) >= 11 is 0. The van der Waals surface area contributed by atoms with Gasteiger partial charge in [0.15, 0.2) is 11.5 Å². The zero-order chi connectivity index (χ0) is 13.2. The predicted molar refractivity (Wildman–Crippen MR) is 67.7 cm³/mol. The van der Waals surface area contributed by atoms with Crippen LogP contribution in [0.15, 0.2) is 36.7 Å². The Labute approximate surface area is 110 Å². The Hall–Kier alpha value is -2.14. The number of hydrogen-bond donors (Lipinski definition) is 1. The summed E-state index contributed by atoms with van der Waals surface area (Å²) in [4.78, 5) is 3.81. The van der Waals surface area contributed by atoms with Crippen molar-refractivity contribution in [3.05, 3.63) is 53.6 Å². The maximum Gasteiger partial charge on any atom is 0.161 e. The van der Waals surface area contributed by atoms with Gasteiger partial charge in [-0.3, -0.25) is 4.98 Å². The first kappa shape index (κ1) is 11.9. The number of pyridine rings is 1. The van der Waals surface area contributed by atoms with Crippen LogP contribution in [0.3, 0.4) is 0 Å². The maximum absolute atomic E-state index is 13.2. The van der Waals surface area contributed by atoms with Gasteiger partial charge in [-0.25, -0.2) is 4.39 Å². The van der Waals surface area contributed by atoms with Gasteiger partial charge in [-0.05, 0) is 29.3 Å². The van der Waals surface area contributed by atoms with E-state index in [0.717, 1.165) is 11.8 Å². The summed E-state index contributed by atoms with van der Waals surface area (Å²) in [5.74, 6) is 0.980. The number of halogens is 1. The SMILES string of the molecule is NC(c1cncc(F)c1)c1ccc2c(c1)OCCO2. The molecule has 0 bridgehead atoms. The van der Waals surface area contributed by atoms with Crippen molar-refractivity contribution < 1.29 is 13.9 Å². The molecule has 0 amide bonds. The van der Waals surface area contributed by atoms with E-state index in [0.29, 0.717) is 30.3 Å². The van der Waals surface area contributed by atoms with Crippen LogP contribution in [0.4, 0.5) is 4.39 Å². The molecule has 4 nitrogen and oxygen atoms in total. The van der Waals surface area contributed by atoms with Gasteiger partial charge in [0.2, 0.25) is 0 Å². The normalized spacial score (nSPS) is 15.1. The minimum Gasteiger partial charge on any atom is -0.486 e. The van der Waals surface area contributed by atoms with Crippen LogP contribution >= 0.6 is 0 Å². The van der Waals surface area contributed by atoms with Gasteiger partial charge in [-0.15, -0.1) is 0 Å². The highest BCUT2D eigenvalue weighted by molar-refractivity contribution is 5.46. The van der Waals surface area contributed by atoms with Gasteiger partial charge in [0, 0.05) is 6.20 Å². The van der Waals surface area contributed by atoms with E-state index in [2.05, 4.69) is 4.98 Å². The largest absolute Gasteiger partial charge is 0.486 e. The molecule has 5 heteroatoms. The summed E-state index contributed by atoms with van der Waals surface area (Å²) in [7, 11) is 0. The van der Waals surface area contributed by atoms with Gasteiger partial charge in [0.05, 0.1) is 12.2 Å². The fourth-order valence-corrected chi connectivity index (χ4v) is 2.04. The Morgan fingerprint density at radius 3 is 2.63 bits per heavy atom. The number of benzene rings is 1. The third-order valence-corrected chi connectivity index (χ3v) is 3.01. The number of hydrogen-bond acceptors (Lipinski definition) is 4. The highest BCUT2D eigenvalue weighted by Gasteiger charge is 2.16. The molecule has 1 atom stereocenters. The van der Waals surface area contributed by atoms with Crippen LogP contribution in [0.1, 0.15) is 17.2 Å². The first-order valence-corrected chi connectivity index (χ1v) is 5.99. The van der Waals surface area contributed by atoms with E-state index in [9.17, 15) is 4.39 Å². The molecule has 3 rings (SSSR count). The molecule has 0 radical (unpaired) electrons. The van der Waals surface area contributed by atoms with Gasteiger partial charge in [-0.2, -0.15) is 0 Å². The lowest BCUT2D eigenvalue weighted by Crippen LogP contribution is -2.17. The molecular formula is C14H13FN2O2. The lowest BCUT2D eigenvalue weighted by molar-refractivity contribution is 0.171. The molecule has 1 aliphatic rings. The molecule has 1 aliphatic heterocycles. The summed E-state index contributed by atoms with van der Waals surface area (Å²) in [6.45, 7) is 1.07.